The zero-order chi connectivity index (χ0) is 9.14. The molecule has 0 aliphatic heterocycles. The molecule has 1 aromatic carbocycles. The van der Waals surface area contributed by atoms with E-state index in [1.807, 2.05) is 0 Å². The van der Waals surface area contributed by atoms with Crippen molar-refractivity contribution in [2.75, 3.05) is 0 Å². The van der Waals surface area contributed by atoms with Crippen molar-refractivity contribution in [2.24, 2.45) is 0 Å². The molecule has 1 atom stereocenters. The SMILES string of the molecule is O=S([O-])Oc1ccc(Cl)cc1Cl.[H-].[Na+]. The Morgan fingerprint density at radius 3 is 2.54 bits per heavy atom. The van der Waals surface area contributed by atoms with Crippen LogP contribution in [-0.4, -0.2) is 8.76 Å². The van der Waals surface area contributed by atoms with Crippen LogP contribution in [0.3, 0.4) is 0 Å². The Labute approximate surface area is 112 Å². The third kappa shape index (κ3) is 4.65. The van der Waals surface area contributed by atoms with Gasteiger partial charge in [0.05, 0.1) is 5.02 Å². The molecule has 0 fully saturated rings. The Kier molecular flexibility index (Phi) is 6.58. The van der Waals surface area contributed by atoms with E-state index in [0.29, 0.717) is 5.02 Å². The third-order valence-electron chi connectivity index (χ3n) is 1.05. The molecule has 1 unspecified atom stereocenters. The standard InChI is InChI=1S/C6H4Cl2O3S.Na.H/c7-4-1-2-6(5(8)3-4)11-12(9)10;;/h1-3H,(H,9,10);;/q;+1;-1/p-1. The van der Waals surface area contributed by atoms with E-state index >= 15 is 0 Å². The Bertz CT molecular complexity index is 326. The van der Waals surface area contributed by atoms with E-state index in [4.69, 9.17) is 23.2 Å². The van der Waals surface area contributed by atoms with Gasteiger partial charge in [0.2, 0.25) is 0 Å². The molecule has 0 aliphatic carbocycles. The minimum atomic E-state index is -2.61. The van der Waals surface area contributed by atoms with E-state index in [-0.39, 0.29) is 41.8 Å². The first-order chi connectivity index (χ1) is 5.59. The quantitative estimate of drug-likeness (QED) is 0.514. The summed E-state index contributed by atoms with van der Waals surface area (Å²) in [4.78, 5) is 0. The first kappa shape index (κ1) is 13.7. The average molecular weight is 250 g/mol. The maximum absolute atomic E-state index is 10.1. The molecule has 3 nitrogen and oxygen atoms in total. The normalized spacial score (nSPS) is 11.6. The van der Waals surface area contributed by atoms with Gasteiger partial charge < -0.3 is 10.2 Å². The molecular formula is C6H4Cl2NaO3S-. The maximum Gasteiger partial charge on any atom is 1.00 e. The second-order valence-corrected chi connectivity index (χ2v) is 3.28. The van der Waals surface area contributed by atoms with E-state index in [2.05, 4.69) is 4.18 Å². The molecule has 13 heavy (non-hydrogen) atoms. The largest absolute Gasteiger partial charge is 1.00 e. The molecule has 1 aromatic rings. The van der Waals surface area contributed by atoms with Crippen molar-refractivity contribution in [1.29, 1.82) is 0 Å². The van der Waals surface area contributed by atoms with Gasteiger partial charge in [0.1, 0.15) is 11.4 Å². The summed E-state index contributed by atoms with van der Waals surface area (Å²) in [6.45, 7) is 0. The summed E-state index contributed by atoms with van der Waals surface area (Å²) in [5, 5.41) is 0.579. The van der Waals surface area contributed by atoms with Crippen molar-refractivity contribution in [3.05, 3.63) is 28.2 Å². The smallest absolute Gasteiger partial charge is 1.00 e. The molecule has 0 spiro atoms. The van der Waals surface area contributed by atoms with Gasteiger partial charge in [0.25, 0.3) is 0 Å². The summed E-state index contributed by atoms with van der Waals surface area (Å²) in [5.41, 5.74) is 0. The molecule has 0 saturated carbocycles. The maximum atomic E-state index is 10.1. The first-order valence-electron chi connectivity index (χ1n) is 2.82. The second-order valence-electron chi connectivity index (χ2n) is 1.86. The Hall–Kier alpha value is 0.710. The molecular weight excluding hydrogens is 246 g/mol. The topological polar surface area (TPSA) is 49.4 Å². The number of halogens is 2. The number of hydrogen-bond donors (Lipinski definition) is 0. The molecule has 0 amide bonds. The Balaban J connectivity index is 0. The first-order valence-corrected chi connectivity index (χ1v) is 4.58. The summed E-state index contributed by atoms with van der Waals surface area (Å²) in [5.74, 6) is 0.0643. The van der Waals surface area contributed by atoms with E-state index < -0.39 is 11.4 Å². The molecule has 0 bridgehead atoms. The molecule has 0 saturated heterocycles. The van der Waals surface area contributed by atoms with Crippen LogP contribution in [0.15, 0.2) is 18.2 Å². The fourth-order valence-corrected chi connectivity index (χ4v) is 1.40. The van der Waals surface area contributed by atoms with Crippen LogP contribution < -0.4 is 33.7 Å². The van der Waals surface area contributed by atoms with Crippen LogP contribution in [0.5, 0.6) is 5.75 Å². The van der Waals surface area contributed by atoms with Gasteiger partial charge in [-0.1, -0.05) is 23.2 Å². The summed E-state index contributed by atoms with van der Waals surface area (Å²) in [6.07, 6.45) is 0. The molecule has 0 N–H and O–H groups in total. The van der Waals surface area contributed by atoms with Gasteiger partial charge in [-0.25, -0.2) is 4.21 Å². The van der Waals surface area contributed by atoms with Crippen LogP contribution in [0.2, 0.25) is 10.0 Å². The Morgan fingerprint density at radius 2 is 2.08 bits per heavy atom. The van der Waals surface area contributed by atoms with Crippen LogP contribution in [0, 0.1) is 0 Å². The van der Waals surface area contributed by atoms with Gasteiger partial charge in [-0.05, 0) is 18.2 Å². The van der Waals surface area contributed by atoms with Crippen molar-refractivity contribution in [3.63, 3.8) is 0 Å². The van der Waals surface area contributed by atoms with Crippen LogP contribution in [0.1, 0.15) is 1.43 Å². The average Bonchev–Trinajstić information content (AvgIpc) is 1.94. The van der Waals surface area contributed by atoms with Crippen LogP contribution in [-0.2, 0) is 11.4 Å². The molecule has 0 aromatic heterocycles. The molecule has 0 radical (unpaired) electrons. The predicted octanol–water partition coefficient (Wildman–Crippen LogP) is -0.717. The fraction of sp³-hybridized carbons (Fsp3) is 0. The summed E-state index contributed by atoms with van der Waals surface area (Å²) in [7, 11) is 0. The van der Waals surface area contributed by atoms with Crippen molar-refractivity contribution >= 4 is 34.6 Å². The third-order valence-corrected chi connectivity index (χ3v) is 1.90. The fourth-order valence-electron chi connectivity index (χ4n) is 0.616. The van der Waals surface area contributed by atoms with Gasteiger partial charge in [0, 0.05) is 5.02 Å². The van der Waals surface area contributed by atoms with E-state index in [0.717, 1.165) is 0 Å². The number of benzene rings is 1. The number of hydrogen-bond acceptors (Lipinski definition) is 3. The zero-order valence-electron chi connectivity index (χ0n) is 7.62. The molecule has 7 heteroatoms. The van der Waals surface area contributed by atoms with Crippen molar-refractivity contribution in [1.82, 2.24) is 0 Å². The summed E-state index contributed by atoms with van der Waals surface area (Å²) in [6, 6.07) is 4.25. The zero-order valence-corrected chi connectivity index (χ0v) is 10.9. The molecule has 0 aliphatic rings. The summed E-state index contributed by atoms with van der Waals surface area (Å²) >= 11 is 8.54. The second kappa shape index (κ2) is 6.24. The van der Waals surface area contributed by atoms with Gasteiger partial charge in [0.15, 0.2) is 5.75 Å². The van der Waals surface area contributed by atoms with Crippen LogP contribution in [0.4, 0.5) is 0 Å². The van der Waals surface area contributed by atoms with E-state index in [1.54, 1.807) is 0 Å². The molecule has 68 valence electrons. The predicted molar refractivity (Wildman–Crippen MR) is 47.1 cm³/mol. The van der Waals surface area contributed by atoms with E-state index in [9.17, 15) is 8.76 Å². The van der Waals surface area contributed by atoms with Gasteiger partial charge in [-0.15, -0.1) is 0 Å². The minimum absolute atomic E-state index is 0. The summed E-state index contributed by atoms with van der Waals surface area (Å²) < 4.78 is 24.5. The van der Waals surface area contributed by atoms with Crippen molar-refractivity contribution in [2.45, 2.75) is 0 Å². The van der Waals surface area contributed by atoms with Gasteiger partial charge in [-0.2, -0.15) is 0 Å². The van der Waals surface area contributed by atoms with Crippen molar-refractivity contribution < 1.29 is 43.9 Å². The van der Waals surface area contributed by atoms with Crippen LogP contribution >= 0.6 is 23.2 Å². The van der Waals surface area contributed by atoms with Crippen LogP contribution in [0.25, 0.3) is 0 Å². The van der Waals surface area contributed by atoms with E-state index in [1.165, 1.54) is 18.2 Å². The Morgan fingerprint density at radius 1 is 1.46 bits per heavy atom. The molecule has 0 heterocycles. The van der Waals surface area contributed by atoms with Crippen molar-refractivity contribution in [3.8, 4) is 5.75 Å². The van der Waals surface area contributed by atoms with Gasteiger partial charge >= 0.3 is 29.6 Å². The monoisotopic (exact) mass is 249 g/mol. The van der Waals surface area contributed by atoms with Gasteiger partial charge in [-0.3, -0.25) is 0 Å². The molecule has 1 rings (SSSR count). The minimum Gasteiger partial charge on any atom is -1.00 e. The number of rotatable bonds is 2.